The summed E-state index contributed by atoms with van der Waals surface area (Å²) in [7, 11) is 3.50. The van der Waals surface area contributed by atoms with Gasteiger partial charge in [-0.25, -0.2) is 4.79 Å². The van der Waals surface area contributed by atoms with Crippen molar-refractivity contribution in [3.05, 3.63) is 140 Å². The van der Waals surface area contributed by atoms with Gasteiger partial charge in [-0.15, -0.1) is 0 Å². The number of amides is 1. The third-order valence-corrected chi connectivity index (χ3v) is 12.8. The van der Waals surface area contributed by atoms with Gasteiger partial charge in [0.05, 0.1) is 42.8 Å². The highest BCUT2D eigenvalue weighted by molar-refractivity contribution is 6.12. The van der Waals surface area contributed by atoms with E-state index in [4.69, 9.17) is 23.7 Å². The van der Waals surface area contributed by atoms with Gasteiger partial charge >= 0.3 is 17.8 Å². The lowest BCUT2D eigenvalue weighted by atomic mass is 9.79. The smallest absolute Gasteiger partial charge is 0.471 e. The molecule has 1 aliphatic heterocycles. The topological polar surface area (TPSA) is 130 Å². The molecule has 1 amide bonds. The van der Waals surface area contributed by atoms with E-state index in [1.807, 2.05) is 110 Å². The number of H-pyrrole nitrogens is 1. The van der Waals surface area contributed by atoms with Crippen LogP contribution in [0.2, 0.25) is 0 Å². The molecule has 0 radical (unpaired) electrons. The van der Waals surface area contributed by atoms with Crippen LogP contribution in [-0.2, 0) is 30.0 Å². The Hall–Kier alpha value is -4.96. The molecular weight excluding hydrogens is 808 g/mol. The van der Waals surface area contributed by atoms with Gasteiger partial charge < -0.3 is 29.0 Å². The molecule has 2 N–H and O–H groups in total. The number of rotatable bonds is 19. The zero-order valence-electron chi connectivity index (χ0n) is 36.2. The summed E-state index contributed by atoms with van der Waals surface area (Å²) in [5, 5.41) is 0.722. The van der Waals surface area contributed by atoms with E-state index in [-0.39, 0.29) is 25.5 Å². The number of carbonyl (C=O) groups excluding carboxylic acids is 1. The summed E-state index contributed by atoms with van der Waals surface area (Å²) in [5.74, 6) is -0.568. The number of aryl methyl sites for hydroxylation is 1. The Kier molecular flexibility index (Phi) is 15.0. The van der Waals surface area contributed by atoms with Gasteiger partial charge in [-0.05, 0) is 86.9 Å². The number of unbranched alkanes of at least 4 members (excludes halogenated alkanes) is 3. The van der Waals surface area contributed by atoms with Crippen LogP contribution in [0.3, 0.4) is 0 Å². The maximum atomic E-state index is 13.6. The summed E-state index contributed by atoms with van der Waals surface area (Å²) in [5.41, 5.74) is -1.59. The number of allylic oxidation sites excluding steroid dienone is 1. The number of aromatic amines is 1. The Labute approximate surface area is 358 Å². The second kappa shape index (κ2) is 19.4. The first kappa shape index (κ1) is 47.1. The number of carbonyl (C=O) groups is 1. The number of nitrogens with one attached hydrogen (secondary N) is 2. The van der Waals surface area contributed by atoms with Crippen molar-refractivity contribution in [2.24, 2.45) is 5.92 Å². The average Bonchev–Trinajstić information content (AvgIpc) is 3.51. The van der Waals surface area contributed by atoms with E-state index in [9.17, 15) is 27.6 Å². The van der Waals surface area contributed by atoms with Crippen LogP contribution >= 0.6 is 0 Å². The minimum absolute atomic E-state index is 0.0668. The summed E-state index contributed by atoms with van der Waals surface area (Å²) in [6.07, 6.45) is 2.08. The van der Waals surface area contributed by atoms with E-state index in [1.54, 1.807) is 21.1 Å². The quantitative estimate of drug-likeness (QED) is 0.0466. The molecule has 61 heavy (non-hydrogen) atoms. The number of methoxy groups -OCH3 is 2. The Balaban J connectivity index is 1.65. The van der Waals surface area contributed by atoms with Crippen molar-refractivity contribution >= 4 is 16.1 Å². The molecule has 0 unspecified atom stereocenters. The molecule has 0 aliphatic carbocycles. The minimum Gasteiger partial charge on any atom is -0.497 e. The number of aromatic nitrogens is 2. The molecule has 15 heteroatoms. The average molecular weight is 866 g/mol. The molecule has 330 valence electrons. The molecule has 3 atom stereocenters. The summed E-state index contributed by atoms with van der Waals surface area (Å²) in [6.45, 7) is 9.61. The summed E-state index contributed by atoms with van der Waals surface area (Å²) >= 11 is 0. The van der Waals surface area contributed by atoms with Gasteiger partial charge in [0.1, 0.15) is 28.0 Å². The molecule has 5 rings (SSSR count). The standard InChI is InChI=1S/C46H58F3N3O8Si/c1-31(2)42(4,5)59-38-28-44(61,52-29-32(3)39(53)51-41(52)55)60-43(38,26-14-9-8-10-15-27-50-40(54)46(47,48)49)30-58-45(33-16-12-11-13-17-33,34-18-22-36(56-6)23-19-34)35-20-24-37(57-7)25-21-35/h11-14,16-26,29,31,38H,8-10,15,27-28,30H2,1-7,61H3,(H,50,54)(H,51,53,55)/t38-,43+,44-/m0/s1. The second-order valence-electron chi connectivity index (χ2n) is 16.5. The number of halogens is 3. The summed E-state index contributed by atoms with van der Waals surface area (Å²) in [6, 6.07) is 25.2. The third-order valence-electron chi connectivity index (χ3n) is 11.7. The predicted octanol–water partition coefficient (Wildman–Crippen LogP) is 6.62. The molecule has 1 saturated heterocycles. The van der Waals surface area contributed by atoms with Gasteiger partial charge in [0.15, 0.2) is 0 Å². The molecule has 1 fully saturated rings. The molecule has 11 nitrogen and oxygen atoms in total. The van der Waals surface area contributed by atoms with Gasteiger partial charge in [0, 0.05) is 24.7 Å². The lowest BCUT2D eigenvalue weighted by Crippen LogP contribution is -2.51. The maximum absolute atomic E-state index is 13.6. The number of ether oxygens (including phenoxy) is 5. The van der Waals surface area contributed by atoms with Gasteiger partial charge in [-0.1, -0.05) is 87.0 Å². The number of nitrogens with zero attached hydrogens (tertiary/aromatic N) is 1. The largest absolute Gasteiger partial charge is 0.497 e. The van der Waals surface area contributed by atoms with Crippen LogP contribution in [0.4, 0.5) is 13.2 Å². The number of alkyl halides is 3. The van der Waals surface area contributed by atoms with Crippen molar-refractivity contribution in [1.29, 1.82) is 0 Å². The van der Waals surface area contributed by atoms with E-state index >= 15 is 0 Å². The monoisotopic (exact) mass is 865 g/mol. The Bertz CT molecular complexity index is 2180. The number of benzene rings is 3. The van der Waals surface area contributed by atoms with Crippen molar-refractivity contribution in [2.45, 2.75) is 101 Å². The highest BCUT2D eigenvalue weighted by atomic mass is 28.1. The van der Waals surface area contributed by atoms with E-state index in [0.717, 1.165) is 16.7 Å². The normalized spacial score (nSPS) is 19.8. The van der Waals surface area contributed by atoms with Crippen molar-refractivity contribution in [3.8, 4) is 11.5 Å². The molecule has 0 bridgehead atoms. The first-order valence-corrected chi connectivity index (χ1v) is 21.5. The predicted molar refractivity (Wildman–Crippen MR) is 231 cm³/mol. The second-order valence-corrected chi connectivity index (χ2v) is 18.1. The fourth-order valence-corrected chi connectivity index (χ4v) is 8.58. The highest BCUT2D eigenvalue weighted by Gasteiger charge is 2.57. The summed E-state index contributed by atoms with van der Waals surface area (Å²) < 4.78 is 72.5. The molecular formula is C46H58F3N3O8Si. The lowest BCUT2D eigenvalue weighted by molar-refractivity contribution is -0.183. The Morgan fingerprint density at radius 3 is 2.05 bits per heavy atom. The van der Waals surface area contributed by atoms with Crippen molar-refractivity contribution in [1.82, 2.24) is 14.9 Å². The van der Waals surface area contributed by atoms with Crippen LogP contribution in [0, 0.1) is 12.8 Å². The van der Waals surface area contributed by atoms with Crippen LogP contribution < -0.4 is 26.0 Å². The zero-order valence-corrected chi connectivity index (χ0v) is 38.2. The van der Waals surface area contributed by atoms with Crippen LogP contribution in [0.25, 0.3) is 0 Å². The number of hydrogen-bond acceptors (Lipinski definition) is 8. The zero-order chi connectivity index (χ0) is 44.6. The van der Waals surface area contributed by atoms with Crippen LogP contribution in [0.15, 0.2) is 107 Å². The molecule has 0 spiro atoms. The minimum atomic E-state index is -4.93. The van der Waals surface area contributed by atoms with Crippen molar-refractivity contribution in [3.63, 3.8) is 0 Å². The van der Waals surface area contributed by atoms with E-state index in [0.29, 0.717) is 53.0 Å². The molecule has 1 aromatic heterocycles. The Morgan fingerprint density at radius 1 is 0.934 bits per heavy atom. The fraction of sp³-hybridized carbons (Fsp3) is 0.457. The van der Waals surface area contributed by atoms with Crippen molar-refractivity contribution < 1.29 is 41.7 Å². The maximum Gasteiger partial charge on any atom is 0.471 e. The van der Waals surface area contributed by atoms with E-state index in [2.05, 4.69) is 18.8 Å². The van der Waals surface area contributed by atoms with E-state index in [1.165, 1.54) is 10.8 Å². The Morgan fingerprint density at radius 2 is 1.51 bits per heavy atom. The van der Waals surface area contributed by atoms with Gasteiger partial charge in [-0.2, -0.15) is 13.2 Å². The molecule has 3 aromatic carbocycles. The third kappa shape index (κ3) is 10.7. The highest BCUT2D eigenvalue weighted by Crippen LogP contribution is 2.48. The first-order valence-electron chi connectivity index (χ1n) is 20.5. The fourth-order valence-electron chi connectivity index (χ4n) is 7.50. The van der Waals surface area contributed by atoms with E-state index < -0.39 is 51.6 Å². The molecule has 2 heterocycles. The van der Waals surface area contributed by atoms with Crippen LogP contribution in [0.1, 0.15) is 82.1 Å². The van der Waals surface area contributed by atoms with Crippen molar-refractivity contribution in [2.75, 3.05) is 27.4 Å². The van der Waals surface area contributed by atoms with Crippen LogP contribution in [0.5, 0.6) is 11.5 Å². The van der Waals surface area contributed by atoms with Gasteiger partial charge in [0.25, 0.3) is 5.56 Å². The molecule has 1 aliphatic rings. The number of hydrogen-bond donors (Lipinski definition) is 2. The molecule has 0 saturated carbocycles. The lowest BCUT2D eigenvalue weighted by Gasteiger charge is -2.42. The molecule has 4 aromatic rings. The van der Waals surface area contributed by atoms with Gasteiger partial charge in [-0.3, -0.25) is 19.1 Å². The summed E-state index contributed by atoms with van der Waals surface area (Å²) in [4.78, 5) is 39.9. The van der Waals surface area contributed by atoms with Gasteiger partial charge in [0.2, 0.25) is 0 Å². The van der Waals surface area contributed by atoms with Crippen LogP contribution in [-0.4, -0.2) is 76.6 Å². The first-order chi connectivity index (χ1) is 28.8. The SMILES string of the molecule is COc1ccc(C(OC[C@@]2(C=CCCCCCNC(=O)C(F)(F)F)O[C@@]([SiH3])(n3cc(C)c(=O)[nH]c3=O)C[C@@H]2OC(C)(C)C(C)C)(c2ccccc2)c2ccc(OC)cc2)cc1.